The second-order valence-electron chi connectivity index (χ2n) is 15.8. The van der Waals surface area contributed by atoms with Crippen LogP contribution in [-0.2, 0) is 0 Å². The number of fused-ring (bicyclic) bond motifs is 3. The van der Waals surface area contributed by atoms with Crippen LogP contribution in [0.15, 0.2) is 249 Å². The highest BCUT2D eigenvalue weighted by Gasteiger charge is 2.19. The standard InChI is InChI=1S/C60H41N/c1-2-14-47(15-3-1)59-37-32-53(52-27-25-43-13-5-7-18-49(43)39-52)41-60(59)61(56-35-30-45(31-36-56)51-26-24-42-12-4-6-17-48(42)38-51)55-33-28-44(29-34-55)50-20-10-21-54(40-50)58-23-11-19-46-16-8-9-22-57(46)58/h1-41H. The highest BCUT2D eigenvalue weighted by molar-refractivity contribution is 5.98. The van der Waals surface area contributed by atoms with Crippen LogP contribution in [0.25, 0.3) is 88.0 Å². The zero-order chi connectivity index (χ0) is 40.5. The van der Waals surface area contributed by atoms with Crippen molar-refractivity contribution in [3.8, 4) is 55.6 Å². The van der Waals surface area contributed by atoms with E-state index in [4.69, 9.17) is 0 Å². The molecule has 0 amide bonds. The molecule has 61 heavy (non-hydrogen) atoms. The quantitative estimate of drug-likeness (QED) is 0.149. The van der Waals surface area contributed by atoms with Crippen LogP contribution in [0.1, 0.15) is 0 Å². The Morgan fingerprint density at radius 2 is 0.656 bits per heavy atom. The van der Waals surface area contributed by atoms with Crippen LogP contribution in [-0.4, -0.2) is 0 Å². The zero-order valence-corrected chi connectivity index (χ0v) is 33.6. The average Bonchev–Trinajstić information content (AvgIpc) is 3.34. The second kappa shape index (κ2) is 15.6. The molecule has 0 aromatic heterocycles. The summed E-state index contributed by atoms with van der Waals surface area (Å²) in [6.07, 6.45) is 0. The van der Waals surface area contributed by atoms with E-state index in [2.05, 4.69) is 254 Å². The van der Waals surface area contributed by atoms with Crippen LogP contribution in [0.5, 0.6) is 0 Å². The monoisotopic (exact) mass is 775 g/mol. The summed E-state index contributed by atoms with van der Waals surface area (Å²) in [5.41, 5.74) is 15.2. The third-order valence-corrected chi connectivity index (χ3v) is 12.0. The molecule has 286 valence electrons. The number of rotatable bonds is 8. The normalized spacial score (nSPS) is 11.3. The first-order chi connectivity index (χ1) is 30.2. The fourth-order valence-electron chi connectivity index (χ4n) is 8.87. The summed E-state index contributed by atoms with van der Waals surface area (Å²) >= 11 is 0. The minimum atomic E-state index is 1.08. The third-order valence-electron chi connectivity index (χ3n) is 12.0. The van der Waals surface area contributed by atoms with Crippen molar-refractivity contribution in [3.05, 3.63) is 249 Å². The Morgan fingerprint density at radius 3 is 1.31 bits per heavy atom. The largest absolute Gasteiger partial charge is 0.310 e. The van der Waals surface area contributed by atoms with Crippen molar-refractivity contribution in [2.75, 3.05) is 4.90 Å². The van der Waals surface area contributed by atoms with E-state index < -0.39 is 0 Å². The van der Waals surface area contributed by atoms with Crippen molar-refractivity contribution in [3.63, 3.8) is 0 Å². The van der Waals surface area contributed by atoms with Gasteiger partial charge in [0.25, 0.3) is 0 Å². The van der Waals surface area contributed by atoms with Crippen LogP contribution < -0.4 is 4.90 Å². The van der Waals surface area contributed by atoms with E-state index in [0.717, 1.165) is 22.6 Å². The van der Waals surface area contributed by atoms with Crippen molar-refractivity contribution < 1.29 is 0 Å². The van der Waals surface area contributed by atoms with Crippen LogP contribution in [0, 0.1) is 0 Å². The van der Waals surface area contributed by atoms with Crippen LogP contribution in [0.2, 0.25) is 0 Å². The molecule has 0 aliphatic heterocycles. The van der Waals surface area contributed by atoms with E-state index >= 15 is 0 Å². The number of benzene rings is 11. The van der Waals surface area contributed by atoms with Gasteiger partial charge in [-0.15, -0.1) is 0 Å². The highest BCUT2D eigenvalue weighted by Crippen LogP contribution is 2.44. The van der Waals surface area contributed by atoms with Gasteiger partial charge in [0, 0.05) is 16.9 Å². The first kappa shape index (κ1) is 36.1. The lowest BCUT2D eigenvalue weighted by Gasteiger charge is -2.29. The Hall–Kier alpha value is -8.00. The van der Waals surface area contributed by atoms with Gasteiger partial charge in [-0.1, -0.05) is 200 Å². The van der Waals surface area contributed by atoms with Gasteiger partial charge in [-0.25, -0.2) is 0 Å². The van der Waals surface area contributed by atoms with Gasteiger partial charge in [-0.2, -0.15) is 0 Å². The van der Waals surface area contributed by atoms with Crippen molar-refractivity contribution in [1.29, 1.82) is 0 Å². The molecule has 0 atom stereocenters. The SMILES string of the molecule is c1ccc(-c2ccc(-c3ccc4ccccc4c3)cc2N(c2ccc(-c3cccc(-c4cccc5ccccc45)c3)cc2)c2ccc(-c3ccc4ccccc4c3)cc2)cc1. The summed E-state index contributed by atoms with van der Waals surface area (Å²) in [5.74, 6) is 0. The van der Waals surface area contributed by atoms with Crippen molar-refractivity contribution >= 4 is 49.4 Å². The van der Waals surface area contributed by atoms with Crippen LogP contribution >= 0.6 is 0 Å². The van der Waals surface area contributed by atoms with Gasteiger partial charge < -0.3 is 4.90 Å². The van der Waals surface area contributed by atoms with Gasteiger partial charge >= 0.3 is 0 Å². The molecule has 11 aromatic carbocycles. The first-order valence-electron chi connectivity index (χ1n) is 21.0. The molecule has 0 bridgehead atoms. The Kier molecular flexibility index (Phi) is 9.26. The maximum absolute atomic E-state index is 2.42. The molecule has 0 saturated carbocycles. The fraction of sp³-hybridized carbons (Fsp3) is 0. The van der Waals surface area contributed by atoms with Gasteiger partial charge in [-0.05, 0) is 131 Å². The molecule has 0 radical (unpaired) electrons. The lowest BCUT2D eigenvalue weighted by molar-refractivity contribution is 1.28. The lowest BCUT2D eigenvalue weighted by atomic mass is 9.94. The summed E-state index contributed by atoms with van der Waals surface area (Å²) in [5, 5.41) is 7.47. The van der Waals surface area contributed by atoms with E-state index in [1.807, 2.05) is 0 Å². The topological polar surface area (TPSA) is 3.24 Å². The maximum Gasteiger partial charge on any atom is 0.0546 e. The van der Waals surface area contributed by atoms with Crippen LogP contribution in [0.4, 0.5) is 17.1 Å². The molecule has 0 unspecified atom stereocenters. The van der Waals surface area contributed by atoms with Gasteiger partial charge in [0.15, 0.2) is 0 Å². The minimum Gasteiger partial charge on any atom is -0.310 e. The lowest BCUT2D eigenvalue weighted by Crippen LogP contribution is -2.11. The summed E-state index contributed by atoms with van der Waals surface area (Å²) < 4.78 is 0. The molecule has 0 saturated heterocycles. The Labute approximate surface area is 357 Å². The fourth-order valence-corrected chi connectivity index (χ4v) is 8.87. The van der Waals surface area contributed by atoms with E-state index in [0.29, 0.717) is 0 Å². The van der Waals surface area contributed by atoms with E-state index in [-0.39, 0.29) is 0 Å². The van der Waals surface area contributed by atoms with Gasteiger partial charge in [0.2, 0.25) is 0 Å². The van der Waals surface area contributed by atoms with E-state index in [9.17, 15) is 0 Å². The number of nitrogens with zero attached hydrogens (tertiary/aromatic N) is 1. The average molecular weight is 776 g/mol. The molecule has 0 fully saturated rings. The number of anilines is 3. The molecule has 1 heteroatoms. The zero-order valence-electron chi connectivity index (χ0n) is 33.6. The molecule has 0 N–H and O–H groups in total. The van der Waals surface area contributed by atoms with Crippen molar-refractivity contribution in [2.45, 2.75) is 0 Å². The highest BCUT2D eigenvalue weighted by atomic mass is 15.1. The Balaban J connectivity index is 1.05. The molecule has 11 aromatic rings. The Bertz CT molecular complexity index is 3340. The van der Waals surface area contributed by atoms with Crippen LogP contribution in [0.3, 0.4) is 0 Å². The first-order valence-corrected chi connectivity index (χ1v) is 21.0. The second-order valence-corrected chi connectivity index (χ2v) is 15.8. The molecule has 0 aliphatic rings. The maximum atomic E-state index is 2.42. The van der Waals surface area contributed by atoms with Gasteiger partial charge in [0.05, 0.1) is 5.69 Å². The third kappa shape index (κ3) is 7.03. The number of hydrogen-bond donors (Lipinski definition) is 0. The van der Waals surface area contributed by atoms with Gasteiger partial charge in [0.1, 0.15) is 0 Å². The predicted molar refractivity (Wildman–Crippen MR) is 261 cm³/mol. The summed E-state index contributed by atoms with van der Waals surface area (Å²) in [6.45, 7) is 0. The number of hydrogen-bond acceptors (Lipinski definition) is 1. The molecule has 0 heterocycles. The molecule has 11 rings (SSSR count). The van der Waals surface area contributed by atoms with E-state index in [1.54, 1.807) is 0 Å². The Morgan fingerprint density at radius 1 is 0.213 bits per heavy atom. The minimum absolute atomic E-state index is 1.08. The van der Waals surface area contributed by atoms with E-state index in [1.165, 1.54) is 82.4 Å². The smallest absolute Gasteiger partial charge is 0.0546 e. The van der Waals surface area contributed by atoms with Crippen molar-refractivity contribution in [2.24, 2.45) is 0 Å². The van der Waals surface area contributed by atoms with Gasteiger partial charge in [-0.3, -0.25) is 0 Å². The predicted octanol–water partition coefficient (Wildman–Crippen LogP) is 17.0. The molecule has 0 spiro atoms. The molecular formula is C60H41N. The summed E-state index contributed by atoms with van der Waals surface area (Å²) in [4.78, 5) is 2.42. The van der Waals surface area contributed by atoms with Crippen molar-refractivity contribution in [1.82, 2.24) is 0 Å². The molecule has 1 nitrogen and oxygen atoms in total. The summed E-state index contributed by atoms with van der Waals surface area (Å²) in [7, 11) is 0. The molecule has 0 aliphatic carbocycles. The molecular weight excluding hydrogens is 735 g/mol. The summed E-state index contributed by atoms with van der Waals surface area (Å²) in [6, 6.07) is 90.6.